The van der Waals surface area contributed by atoms with Crippen molar-refractivity contribution in [2.75, 3.05) is 50.8 Å². The van der Waals surface area contributed by atoms with Crippen LogP contribution in [0.2, 0.25) is 0 Å². The van der Waals surface area contributed by atoms with Crippen molar-refractivity contribution in [1.29, 1.82) is 0 Å². The van der Waals surface area contributed by atoms with Gasteiger partial charge in [-0.1, -0.05) is 0 Å². The molecular formula is C17H23FN4O3. The van der Waals surface area contributed by atoms with Crippen LogP contribution in [0.1, 0.15) is 6.42 Å². The number of amides is 3. The second-order valence-corrected chi connectivity index (χ2v) is 6.38. The van der Waals surface area contributed by atoms with Gasteiger partial charge in [0, 0.05) is 51.4 Å². The number of nitrogens with zero attached hydrogens (tertiary/aromatic N) is 3. The highest BCUT2D eigenvalue weighted by Crippen LogP contribution is 2.22. The minimum atomic E-state index is -0.347. The van der Waals surface area contributed by atoms with Gasteiger partial charge in [0.05, 0.1) is 12.6 Å². The van der Waals surface area contributed by atoms with Gasteiger partial charge in [0.1, 0.15) is 5.82 Å². The number of halogens is 1. The molecule has 136 valence electrons. The molecule has 0 aromatic heterocycles. The lowest BCUT2D eigenvalue weighted by Gasteiger charge is -2.34. The van der Waals surface area contributed by atoms with Crippen LogP contribution >= 0.6 is 0 Å². The lowest BCUT2D eigenvalue weighted by Crippen LogP contribution is -2.54. The predicted octanol–water partition coefficient (Wildman–Crippen LogP) is 0.251. The summed E-state index contributed by atoms with van der Waals surface area (Å²) in [6.07, 6.45) is 0.244. The number of benzene rings is 1. The number of carbonyl (C=O) groups excluding carboxylic acids is 2. The lowest BCUT2D eigenvalue weighted by atomic mass is 10.2. The number of aliphatic hydroxyl groups excluding tert-OH is 1. The van der Waals surface area contributed by atoms with E-state index in [2.05, 4.69) is 10.2 Å². The molecule has 0 radical (unpaired) electrons. The Morgan fingerprint density at radius 3 is 2.52 bits per heavy atom. The van der Waals surface area contributed by atoms with E-state index in [0.717, 1.165) is 13.1 Å². The van der Waals surface area contributed by atoms with Gasteiger partial charge in [0.15, 0.2) is 0 Å². The fourth-order valence-corrected chi connectivity index (χ4v) is 3.26. The highest BCUT2D eigenvalue weighted by molar-refractivity contribution is 5.96. The van der Waals surface area contributed by atoms with Gasteiger partial charge in [-0.3, -0.25) is 9.69 Å². The summed E-state index contributed by atoms with van der Waals surface area (Å²) in [6.45, 7) is 3.82. The van der Waals surface area contributed by atoms with Crippen LogP contribution in [0.3, 0.4) is 0 Å². The Bertz CT molecular complexity index is 617. The van der Waals surface area contributed by atoms with Crippen LogP contribution in [0.4, 0.5) is 14.9 Å². The second kappa shape index (κ2) is 7.79. The van der Waals surface area contributed by atoms with Crippen LogP contribution in [-0.4, -0.2) is 78.8 Å². The van der Waals surface area contributed by atoms with Crippen LogP contribution in [-0.2, 0) is 4.79 Å². The van der Waals surface area contributed by atoms with Crippen LogP contribution in [0.25, 0.3) is 0 Å². The largest absolute Gasteiger partial charge is 0.395 e. The molecule has 0 aliphatic carbocycles. The molecule has 2 N–H and O–H groups in total. The summed E-state index contributed by atoms with van der Waals surface area (Å²) in [7, 11) is 0. The molecule has 1 atom stereocenters. The summed E-state index contributed by atoms with van der Waals surface area (Å²) in [5, 5.41) is 11.9. The summed E-state index contributed by atoms with van der Waals surface area (Å²) in [5.74, 6) is -0.426. The number of carbonyl (C=O) groups is 2. The van der Waals surface area contributed by atoms with Crippen LogP contribution in [0.15, 0.2) is 24.3 Å². The van der Waals surface area contributed by atoms with E-state index in [9.17, 15) is 14.0 Å². The first-order valence-corrected chi connectivity index (χ1v) is 8.51. The van der Waals surface area contributed by atoms with Gasteiger partial charge < -0.3 is 20.2 Å². The normalized spacial score (nSPS) is 21.7. The number of β-amino-alcohol motifs (C(OH)–C–C–N with tert-alkyl or cyclic N) is 1. The van der Waals surface area contributed by atoms with Gasteiger partial charge in [0.2, 0.25) is 5.91 Å². The van der Waals surface area contributed by atoms with Crippen molar-refractivity contribution in [3.63, 3.8) is 0 Å². The maximum atomic E-state index is 13.0. The molecule has 1 unspecified atom stereocenters. The van der Waals surface area contributed by atoms with E-state index >= 15 is 0 Å². The summed E-state index contributed by atoms with van der Waals surface area (Å²) < 4.78 is 13.0. The Kier molecular flexibility index (Phi) is 5.50. The number of hydrogen-bond acceptors (Lipinski definition) is 4. The lowest BCUT2D eigenvalue weighted by molar-refractivity contribution is -0.117. The molecule has 25 heavy (non-hydrogen) atoms. The van der Waals surface area contributed by atoms with Crippen LogP contribution in [0, 0.1) is 5.82 Å². The molecule has 1 aromatic rings. The average Bonchev–Trinajstić information content (AvgIpc) is 2.97. The van der Waals surface area contributed by atoms with Crippen molar-refractivity contribution in [1.82, 2.24) is 15.1 Å². The van der Waals surface area contributed by atoms with E-state index in [0.29, 0.717) is 31.9 Å². The van der Waals surface area contributed by atoms with Gasteiger partial charge in [0.25, 0.3) is 0 Å². The van der Waals surface area contributed by atoms with E-state index < -0.39 is 0 Å². The molecule has 2 saturated heterocycles. The van der Waals surface area contributed by atoms with Crippen molar-refractivity contribution >= 4 is 17.6 Å². The van der Waals surface area contributed by atoms with Gasteiger partial charge in [-0.25, -0.2) is 9.18 Å². The molecule has 2 fully saturated rings. The molecular weight excluding hydrogens is 327 g/mol. The quantitative estimate of drug-likeness (QED) is 0.816. The molecule has 0 saturated carbocycles. The van der Waals surface area contributed by atoms with E-state index in [-0.39, 0.29) is 36.8 Å². The number of rotatable bonds is 4. The molecule has 0 spiro atoms. The molecule has 8 heteroatoms. The van der Waals surface area contributed by atoms with E-state index in [4.69, 9.17) is 5.11 Å². The summed E-state index contributed by atoms with van der Waals surface area (Å²) >= 11 is 0. The predicted molar refractivity (Wildman–Crippen MR) is 90.8 cm³/mol. The third kappa shape index (κ3) is 4.26. The first kappa shape index (κ1) is 17.6. The maximum Gasteiger partial charge on any atom is 0.317 e. The van der Waals surface area contributed by atoms with Crippen molar-refractivity contribution in [2.45, 2.75) is 12.5 Å². The summed E-state index contributed by atoms with van der Waals surface area (Å²) in [5.41, 5.74) is 0.640. The SMILES string of the molecule is O=C(NC1CC(=O)N(c2ccc(F)cc2)C1)N1CCN(CCO)CC1. The highest BCUT2D eigenvalue weighted by Gasteiger charge is 2.33. The first-order chi connectivity index (χ1) is 12.1. The number of urea groups is 1. The summed E-state index contributed by atoms with van der Waals surface area (Å²) in [6, 6.07) is 5.36. The smallest absolute Gasteiger partial charge is 0.317 e. The topological polar surface area (TPSA) is 76.1 Å². The standard InChI is InChI=1S/C17H23FN4O3/c18-13-1-3-15(4-2-13)22-12-14(11-16(22)24)19-17(25)21-7-5-20(6-8-21)9-10-23/h1-4,14,23H,5-12H2,(H,19,25). The third-order valence-electron chi connectivity index (χ3n) is 4.67. The third-order valence-corrected chi connectivity index (χ3v) is 4.67. The van der Waals surface area contributed by atoms with E-state index in [1.807, 2.05) is 0 Å². The Hall–Kier alpha value is -2.19. The van der Waals surface area contributed by atoms with Gasteiger partial charge in [-0.05, 0) is 24.3 Å². The second-order valence-electron chi connectivity index (χ2n) is 6.38. The van der Waals surface area contributed by atoms with Crippen LogP contribution < -0.4 is 10.2 Å². The Balaban J connectivity index is 1.51. The molecule has 7 nitrogen and oxygen atoms in total. The molecule has 0 bridgehead atoms. The fourth-order valence-electron chi connectivity index (χ4n) is 3.26. The number of aliphatic hydroxyl groups is 1. The number of hydrogen-bond donors (Lipinski definition) is 2. The zero-order chi connectivity index (χ0) is 17.8. The Morgan fingerprint density at radius 2 is 1.88 bits per heavy atom. The highest BCUT2D eigenvalue weighted by atomic mass is 19.1. The Labute approximate surface area is 146 Å². The van der Waals surface area contributed by atoms with E-state index in [1.165, 1.54) is 12.1 Å². The van der Waals surface area contributed by atoms with Crippen molar-refractivity contribution < 1.29 is 19.1 Å². The summed E-state index contributed by atoms with van der Waals surface area (Å²) in [4.78, 5) is 30.0. The fraction of sp³-hybridized carbons (Fsp3) is 0.529. The van der Waals surface area contributed by atoms with Gasteiger partial charge >= 0.3 is 6.03 Å². The van der Waals surface area contributed by atoms with Crippen LogP contribution in [0.5, 0.6) is 0 Å². The Morgan fingerprint density at radius 1 is 1.20 bits per heavy atom. The molecule has 2 heterocycles. The number of anilines is 1. The average molecular weight is 350 g/mol. The minimum Gasteiger partial charge on any atom is -0.395 e. The van der Waals surface area contributed by atoms with E-state index in [1.54, 1.807) is 21.9 Å². The monoisotopic (exact) mass is 350 g/mol. The van der Waals surface area contributed by atoms with Crippen molar-refractivity contribution in [3.05, 3.63) is 30.1 Å². The number of nitrogens with one attached hydrogen (secondary N) is 1. The van der Waals surface area contributed by atoms with Crippen molar-refractivity contribution in [3.8, 4) is 0 Å². The first-order valence-electron chi connectivity index (χ1n) is 8.51. The maximum absolute atomic E-state index is 13.0. The zero-order valence-electron chi connectivity index (χ0n) is 14.0. The minimum absolute atomic E-state index is 0.0790. The molecule has 2 aliphatic rings. The zero-order valence-corrected chi connectivity index (χ0v) is 14.0. The molecule has 1 aromatic carbocycles. The van der Waals surface area contributed by atoms with Gasteiger partial charge in [-0.15, -0.1) is 0 Å². The molecule has 3 amide bonds. The number of piperazine rings is 1. The molecule has 3 rings (SSSR count). The van der Waals surface area contributed by atoms with Crippen molar-refractivity contribution in [2.24, 2.45) is 0 Å². The molecule has 2 aliphatic heterocycles. The van der Waals surface area contributed by atoms with Gasteiger partial charge in [-0.2, -0.15) is 0 Å².